The van der Waals surface area contributed by atoms with Crippen molar-refractivity contribution in [1.82, 2.24) is 0 Å². The second-order valence-corrected chi connectivity index (χ2v) is 3.85. The van der Waals surface area contributed by atoms with Crippen LogP contribution in [0.3, 0.4) is 0 Å². The average Bonchev–Trinajstić information content (AvgIpc) is 2.50. The lowest BCUT2D eigenvalue weighted by Gasteiger charge is -2.09. The Balaban J connectivity index is 2.65. The zero-order valence-electron chi connectivity index (χ0n) is 10.5. The number of isocyanates is 2. The van der Waals surface area contributed by atoms with Crippen LogP contribution in [0.1, 0.15) is 11.1 Å². The number of hydrogen-bond donors (Lipinski definition) is 0. The van der Waals surface area contributed by atoms with Crippen molar-refractivity contribution in [3.63, 3.8) is 0 Å². The molecule has 4 nitrogen and oxygen atoms in total. The predicted octanol–water partition coefficient (Wildman–Crippen LogP) is 3.38. The van der Waals surface area contributed by atoms with Gasteiger partial charge in [0, 0.05) is 17.3 Å². The molecule has 0 aliphatic heterocycles. The number of rotatable bonds is 4. The molecule has 2 rings (SSSR count). The van der Waals surface area contributed by atoms with Crippen LogP contribution >= 0.6 is 0 Å². The van der Waals surface area contributed by atoms with Crippen LogP contribution in [0.2, 0.25) is 0 Å². The van der Waals surface area contributed by atoms with Gasteiger partial charge >= 0.3 is 0 Å². The normalized spacial score (nSPS) is 10.3. The third-order valence-corrected chi connectivity index (χ3v) is 2.69. The van der Waals surface area contributed by atoms with Gasteiger partial charge in [0.2, 0.25) is 12.2 Å². The highest BCUT2D eigenvalue weighted by atomic mass is 16.1. The molecule has 0 unspecified atom stereocenters. The topological polar surface area (TPSA) is 58.9 Å². The van der Waals surface area contributed by atoms with Crippen molar-refractivity contribution in [3.8, 4) is 0 Å². The quantitative estimate of drug-likeness (QED) is 0.626. The Hall–Kier alpha value is -3.06. The van der Waals surface area contributed by atoms with Gasteiger partial charge in [0.1, 0.15) is 0 Å². The van der Waals surface area contributed by atoms with Gasteiger partial charge < -0.3 is 0 Å². The molecule has 2 aromatic carbocycles. The summed E-state index contributed by atoms with van der Waals surface area (Å²) in [5.41, 5.74) is 2.71. The molecule has 0 saturated carbocycles. The van der Waals surface area contributed by atoms with Crippen LogP contribution in [0.5, 0.6) is 0 Å². The largest absolute Gasteiger partial charge is 0.240 e. The molecule has 20 heavy (non-hydrogen) atoms. The van der Waals surface area contributed by atoms with E-state index >= 15 is 0 Å². The Morgan fingerprint density at radius 3 is 2.30 bits per heavy atom. The highest BCUT2D eigenvalue weighted by Crippen LogP contribution is 2.30. The summed E-state index contributed by atoms with van der Waals surface area (Å²) in [6.07, 6.45) is 4.41. The fourth-order valence-electron chi connectivity index (χ4n) is 1.86. The number of para-hydroxylation sites is 1. The summed E-state index contributed by atoms with van der Waals surface area (Å²) in [4.78, 5) is 28.1. The molecule has 0 atom stereocenters. The number of aliphatic imine (C=N–C) groups is 2. The highest BCUT2D eigenvalue weighted by molar-refractivity contribution is 5.85. The summed E-state index contributed by atoms with van der Waals surface area (Å²) in [6, 6.07) is 16.5. The Bertz CT molecular complexity index is 723. The SMILES string of the molecule is O=C=NC=C(c1ccccc1)c1ccccc1N=C=O. The first-order valence-electron chi connectivity index (χ1n) is 5.86. The third-order valence-electron chi connectivity index (χ3n) is 2.69. The third kappa shape index (κ3) is 3.03. The molecule has 0 aliphatic carbocycles. The molecular formula is C16H10N2O2. The fraction of sp³-hybridized carbons (Fsp3) is 0. The summed E-state index contributed by atoms with van der Waals surface area (Å²) in [7, 11) is 0. The molecule has 4 heteroatoms. The van der Waals surface area contributed by atoms with Crippen molar-refractivity contribution in [1.29, 1.82) is 0 Å². The summed E-state index contributed by atoms with van der Waals surface area (Å²) < 4.78 is 0. The van der Waals surface area contributed by atoms with Gasteiger partial charge in [0.25, 0.3) is 0 Å². The van der Waals surface area contributed by atoms with Crippen LogP contribution in [0, 0.1) is 0 Å². The first kappa shape index (κ1) is 13.4. The van der Waals surface area contributed by atoms with Crippen molar-refractivity contribution in [2.24, 2.45) is 9.98 Å². The molecule has 0 aliphatic rings. The fourth-order valence-corrected chi connectivity index (χ4v) is 1.86. The Kier molecular flexibility index (Phi) is 4.52. The predicted molar refractivity (Wildman–Crippen MR) is 75.9 cm³/mol. The highest BCUT2D eigenvalue weighted by Gasteiger charge is 2.09. The number of carbonyl (C=O) groups excluding carboxylic acids is 2. The molecule has 0 amide bonds. The van der Waals surface area contributed by atoms with E-state index in [-0.39, 0.29) is 0 Å². The van der Waals surface area contributed by atoms with Crippen molar-refractivity contribution in [3.05, 3.63) is 71.9 Å². The minimum absolute atomic E-state index is 0.471. The lowest BCUT2D eigenvalue weighted by Crippen LogP contribution is -1.88. The molecular weight excluding hydrogens is 252 g/mol. The van der Waals surface area contributed by atoms with Gasteiger partial charge in [-0.3, -0.25) is 0 Å². The van der Waals surface area contributed by atoms with Gasteiger partial charge in [0.05, 0.1) is 5.69 Å². The van der Waals surface area contributed by atoms with Crippen molar-refractivity contribution >= 4 is 23.4 Å². The maximum Gasteiger partial charge on any atom is 0.240 e. The molecule has 0 saturated heterocycles. The minimum atomic E-state index is 0.471. The summed E-state index contributed by atoms with van der Waals surface area (Å²) >= 11 is 0. The summed E-state index contributed by atoms with van der Waals surface area (Å²) in [5, 5.41) is 0. The minimum Gasteiger partial charge on any atom is -0.211 e. The first-order valence-corrected chi connectivity index (χ1v) is 5.86. The zero-order valence-corrected chi connectivity index (χ0v) is 10.5. The van der Waals surface area contributed by atoms with Gasteiger partial charge in [-0.25, -0.2) is 9.59 Å². The van der Waals surface area contributed by atoms with Gasteiger partial charge in [-0.05, 0) is 11.6 Å². The monoisotopic (exact) mass is 262 g/mol. The lowest BCUT2D eigenvalue weighted by atomic mass is 9.97. The number of hydrogen-bond acceptors (Lipinski definition) is 4. The molecule has 0 radical (unpaired) electrons. The zero-order chi connectivity index (χ0) is 14.2. The molecule has 0 fully saturated rings. The Morgan fingerprint density at radius 2 is 1.60 bits per heavy atom. The van der Waals surface area contributed by atoms with E-state index in [1.165, 1.54) is 18.4 Å². The molecule has 0 bridgehead atoms. The van der Waals surface area contributed by atoms with E-state index in [9.17, 15) is 9.59 Å². The van der Waals surface area contributed by atoms with E-state index in [1.807, 2.05) is 36.4 Å². The smallest absolute Gasteiger partial charge is 0.211 e. The Labute approximate surface area is 115 Å². The second kappa shape index (κ2) is 6.76. The van der Waals surface area contributed by atoms with Crippen LogP contribution in [-0.4, -0.2) is 12.2 Å². The van der Waals surface area contributed by atoms with E-state index in [1.54, 1.807) is 18.2 Å². The first-order chi connectivity index (χ1) is 9.86. The summed E-state index contributed by atoms with van der Waals surface area (Å²) in [5.74, 6) is 0. The maximum absolute atomic E-state index is 10.5. The molecule has 0 heterocycles. The summed E-state index contributed by atoms with van der Waals surface area (Å²) in [6.45, 7) is 0. The van der Waals surface area contributed by atoms with E-state index in [2.05, 4.69) is 9.98 Å². The van der Waals surface area contributed by atoms with Gasteiger partial charge in [-0.15, -0.1) is 0 Å². The van der Waals surface area contributed by atoms with Crippen LogP contribution in [0.4, 0.5) is 5.69 Å². The number of nitrogens with zero attached hydrogens (tertiary/aromatic N) is 2. The van der Waals surface area contributed by atoms with E-state index in [4.69, 9.17) is 0 Å². The van der Waals surface area contributed by atoms with E-state index in [0.29, 0.717) is 16.8 Å². The van der Waals surface area contributed by atoms with Gasteiger partial charge in [0.15, 0.2) is 0 Å². The van der Waals surface area contributed by atoms with Crippen LogP contribution in [0.25, 0.3) is 5.57 Å². The van der Waals surface area contributed by atoms with Crippen LogP contribution < -0.4 is 0 Å². The molecule has 0 N–H and O–H groups in total. The molecule has 2 aromatic rings. The number of benzene rings is 2. The van der Waals surface area contributed by atoms with Crippen molar-refractivity contribution < 1.29 is 9.59 Å². The maximum atomic E-state index is 10.5. The standard InChI is InChI=1S/C16H10N2O2/c19-11-17-10-15(13-6-2-1-3-7-13)14-8-4-5-9-16(14)18-12-20/h1-10H. The average molecular weight is 262 g/mol. The van der Waals surface area contributed by atoms with Crippen LogP contribution in [-0.2, 0) is 9.59 Å². The van der Waals surface area contributed by atoms with Crippen LogP contribution in [0.15, 0.2) is 70.8 Å². The lowest BCUT2D eigenvalue weighted by molar-refractivity contribution is 0.564. The van der Waals surface area contributed by atoms with E-state index < -0.39 is 0 Å². The van der Waals surface area contributed by atoms with Gasteiger partial charge in [-0.1, -0.05) is 48.5 Å². The van der Waals surface area contributed by atoms with E-state index in [0.717, 1.165) is 5.56 Å². The molecule has 0 aromatic heterocycles. The molecule has 96 valence electrons. The Morgan fingerprint density at radius 1 is 0.900 bits per heavy atom. The van der Waals surface area contributed by atoms with Crippen molar-refractivity contribution in [2.75, 3.05) is 0 Å². The second-order valence-electron chi connectivity index (χ2n) is 3.85. The van der Waals surface area contributed by atoms with Crippen molar-refractivity contribution in [2.45, 2.75) is 0 Å². The van der Waals surface area contributed by atoms with Gasteiger partial charge in [-0.2, -0.15) is 9.98 Å². The molecule has 0 spiro atoms.